The van der Waals surface area contributed by atoms with Gasteiger partial charge in [0, 0.05) is 43.4 Å². The first-order valence-corrected chi connectivity index (χ1v) is 12.4. The van der Waals surface area contributed by atoms with Crippen molar-refractivity contribution in [1.82, 2.24) is 9.80 Å². The van der Waals surface area contributed by atoms with Crippen LogP contribution in [0.1, 0.15) is 64.2 Å². The highest BCUT2D eigenvalue weighted by atomic mass is 19.3. The molecule has 1 spiro atoms. The number of likely N-dealkylation sites (tertiary alicyclic amines) is 1. The number of benzene rings is 1. The van der Waals surface area contributed by atoms with E-state index in [2.05, 4.69) is 4.99 Å². The monoisotopic (exact) mass is 507 g/mol. The van der Waals surface area contributed by atoms with Gasteiger partial charge in [-0.15, -0.1) is 0 Å². The molecule has 0 N–H and O–H groups in total. The summed E-state index contributed by atoms with van der Waals surface area (Å²) in [4.78, 5) is 20.9. The van der Waals surface area contributed by atoms with E-state index < -0.39 is 24.4 Å². The summed E-state index contributed by atoms with van der Waals surface area (Å²) >= 11 is 0. The molecule has 0 atom stereocenters. The number of halogens is 3. The lowest BCUT2D eigenvalue weighted by Gasteiger charge is -2.47. The Balaban J connectivity index is 1.75. The number of carbonyl (C=O) groups excluding carboxylic acids is 1. The van der Waals surface area contributed by atoms with Gasteiger partial charge in [-0.2, -0.15) is 0 Å². The molecule has 1 saturated heterocycles. The summed E-state index contributed by atoms with van der Waals surface area (Å²) in [6.07, 6.45) is 2.43. The molecule has 0 aromatic heterocycles. The van der Waals surface area contributed by atoms with Crippen LogP contribution in [0.3, 0.4) is 0 Å². The zero-order valence-electron chi connectivity index (χ0n) is 21.7. The average Bonchev–Trinajstić information content (AvgIpc) is 2.82. The smallest absolute Gasteiger partial charge is 0.255 e. The Kier molecular flexibility index (Phi) is 9.08. The normalized spacial score (nSPS) is 18.6. The SMILES string of the molecule is C/C=C(\N=C(C)CC)C1=CN(CC(F)F)CC2(CCN(C(=O)c3ccc(OC(C)C)c(F)c3)CC2)O1. The second-order valence-corrected chi connectivity index (χ2v) is 9.58. The molecule has 36 heavy (non-hydrogen) atoms. The molecule has 6 nitrogen and oxygen atoms in total. The minimum absolute atomic E-state index is 0.106. The third-order valence-electron chi connectivity index (χ3n) is 6.34. The number of nitrogens with zero attached hydrogens (tertiary/aromatic N) is 3. The van der Waals surface area contributed by atoms with Gasteiger partial charge in [0.2, 0.25) is 0 Å². The van der Waals surface area contributed by atoms with Crippen molar-refractivity contribution in [1.29, 1.82) is 0 Å². The van der Waals surface area contributed by atoms with Gasteiger partial charge in [-0.05, 0) is 52.3 Å². The van der Waals surface area contributed by atoms with Crippen molar-refractivity contribution in [3.63, 3.8) is 0 Å². The number of rotatable bonds is 8. The number of allylic oxidation sites excluding steroid dienone is 1. The predicted octanol–water partition coefficient (Wildman–Crippen LogP) is 5.80. The summed E-state index contributed by atoms with van der Waals surface area (Å²) < 4.78 is 52.8. The largest absolute Gasteiger partial charge is 0.488 e. The van der Waals surface area contributed by atoms with E-state index in [1.807, 2.05) is 26.8 Å². The third kappa shape index (κ3) is 6.83. The fraction of sp³-hybridized carbons (Fsp3) is 0.556. The quantitative estimate of drug-likeness (QED) is 0.417. The highest BCUT2D eigenvalue weighted by Gasteiger charge is 2.43. The van der Waals surface area contributed by atoms with Crippen LogP contribution in [0.25, 0.3) is 0 Å². The highest BCUT2D eigenvalue weighted by molar-refractivity contribution is 5.94. The second-order valence-electron chi connectivity index (χ2n) is 9.58. The van der Waals surface area contributed by atoms with E-state index in [4.69, 9.17) is 9.47 Å². The van der Waals surface area contributed by atoms with Crippen molar-refractivity contribution in [2.75, 3.05) is 26.2 Å². The lowest BCUT2D eigenvalue weighted by Crippen LogP contribution is -2.55. The maximum absolute atomic E-state index is 14.4. The average molecular weight is 508 g/mol. The van der Waals surface area contributed by atoms with Crippen molar-refractivity contribution < 1.29 is 27.4 Å². The molecule has 198 valence electrons. The third-order valence-corrected chi connectivity index (χ3v) is 6.34. The summed E-state index contributed by atoms with van der Waals surface area (Å²) in [5.74, 6) is -0.306. The molecule has 2 aliphatic heterocycles. The highest BCUT2D eigenvalue weighted by Crippen LogP contribution is 2.36. The number of hydrogen-bond donors (Lipinski definition) is 0. The van der Waals surface area contributed by atoms with Gasteiger partial charge in [-0.25, -0.2) is 13.2 Å². The standard InChI is InChI=1S/C27H36F3N3O3/c1-6-19(5)31-22(7-2)24-15-32(16-25(29)30)17-27(36-24)10-12-33(13-11-27)26(34)20-8-9-23(21(28)14-20)35-18(3)4/h7-9,14-15,18,25H,6,10-13,16-17H2,1-5H3/b22-7-,31-19?. The number of hydrogen-bond acceptors (Lipinski definition) is 5. The van der Waals surface area contributed by atoms with E-state index in [-0.39, 0.29) is 23.3 Å². The van der Waals surface area contributed by atoms with Gasteiger partial charge in [0.1, 0.15) is 11.3 Å². The molecule has 1 aromatic carbocycles. The minimum atomic E-state index is -2.49. The number of amides is 1. The van der Waals surface area contributed by atoms with E-state index in [0.717, 1.165) is 12.1 Å². The summed E-state index contributed by atoms with van der Waals surface area (Å²) in [6.45, 7) is 9.96. The van der Waals surface area contributed by atoms with Crippen LogP contribution in [0.2, 0.25) is 0 Å². The molecule has 2 heterocycles. The number of carbonyl (C=O) groups is 1. The topological polar surface area (TPSA) is 54.4 Å². The number of alkyl halides is 2. The van der Waals surface area contributed by atoms with Crippen LogP contribution in [-0.2, 0) is 4.74 Å². The van der Waals surface area contributed by atoms with Gasteiger partial charge in [0.25, 0.3) is 12.3 Å². The van der Waals surface area contributed by atoms with Crippen molar-refractivity contribution >= 4 is 11.6 Å². The second kappa shape index (κ2) is 11.8. The van der Waals surface area contributed by atoms with Crippen LogP contribution >= 0.6 is 0 Å². The summed E-state index contributed by atoms with van der Waals surface area (Å²) in [6, 6.07) is 4.22. The van der Waals surface area contributed by atoms with Gasteiger partial charge < -0.3 is 19.3 Å². The zero-order chi connectivity index (χ0) is 26.5. The molecule has 0 saturated carbocycles. The van der Waals surface area contributed by atoms with Gasteiger partial charge in [0.15, 0.2) is 17.3 Å². The van der Waals surface area contributed by atoms with Crippen LogP contribution in [0.15, 0.2) is 46.9 Å². The van der Waals surface area contributed by atoms with Crippen LogP contribution in [0.5, 0.6) is 5.75 Å². The molecule has 1 aromatic rings. The Bertz CT molecular complexity index is 1030. The maximum atomic E-state index is 14.4. The molecule has 2 aliphatic rings. The summed E-state index contributed by atoms with van der Waals surface area (Å²) in [5.41, 5.74) is 1.03. The van der Waals surface area contributed by atoms with Gasteiger partial charge in [0.05, 0.1) is 19.2 Å². The van der Waals surface area contributed by atoms with Crippen molar-refractivity contribution in [2.45, 2.75) is 72.0 Å². The summed E-state index contributed by atoms with van der Waals surface area (Å²) in [7, 11) is 0. The van der Waals surface area contributed by atoms with Crippen LogP contribution < -0.4 is 4.74 Å². The lowest BCUT2D eigenvalue weighted by atomic mass is 9.89. The molecule has 1 amide bonds. The molecule has 1 fully saturated rings. The zero-order valence-corrected chi connectivity index (χ0v) is 21.7. The first-order valence-electron chi connectivity index (χ1n) is 12.4. The van der Waals surface area contributed by atoms with Crippen molar-refractivity contribution in [3.8, 4) is 5.75 Å². The van der Waals surface area contributed by atoms with Gasteiger partial charge in [-0.3, -0.25) is 9.79 Å². The van der Waals surface area contributed by atoms with E-state index in [0.29, 0.717) is 43.9 Å². The molecular formula is C27H36F3N3O3. The van der Waals surface area contributed by atoms with Crippen LogP contribution in [-0.4, -0.2) is 65.7 Å². The minimum Gasteiger partial charge on any atom is -0.488 e. The van der Waals surface area contributed by atoms with E-state index in [1.165, 1.54) is 12.1 Å². The fourth-order valence-corrected chi connectivity index (χ4v) is 4.38. The fourth-order valence-electron chi connectivity index (χ4n) is 4.38. The van der Waals surface area contributed by atoms with Crippen molar-refractivity contribution in [3.05, 3.63) is 53.3 Å². The molecule has 3 rings (SSSR count). The van der Waals surface area contributed by atoms with Gasteiger partial charge in [-0.1, -0.05) is 13.0 Å². The molecule has 0 unspecified atom stereocenters. The molecule has 9 heteroatoms. The Labute approximate surface area is 211 Å². The Morgan fingerprint density at radius 2 is 1.97 bits per heavy atom. The maximum Gasteiger partial charge on any atom is 0.255 e. The van der Waals surface area contributed by atoms with Gasteiger partial charge >= 0.3 is 0 Å². The predicted molar refractivity (Wildman–Crippen MR) is 134 cm³/mol. The number of piperidine rings is 1. The molecule has 0 bridgehead atoms. The molecule has 0 aliphatic carbocycles. The number of aliphatic imine (C=N–C) groups is 1. The first kappa shape index (κ1) is 27.6. The van der Waals surface area contributed by atoms with E-state index >= 15 is 0 Å². The van der Waals surface area contributed by atoms with E-state index in [1.54, 1.807) is 35.9 Å². The molecular weight excluding hydrogens is 471 g/mol. The van der Waals surface area contributed by atoms with E-state index in [9.17, 15) is 18.0 Å². The summed E-state index contributed by atoms with van der Waals surface area (Å²) in [5, 5.41) is 0. The Morgan fingerprint density at radius 1 is 1.28 bits per heavy atom. The Morgan fingerprint density at radius 3 is 2.53 bits per heavy atom. The lowest BCUT2D eigenvalue weighted by molar-refractivity contribution is -0.0768. The van der Waals surface area contributed by atoms with Crippen LogP contribution in [0.4, 0.5) is 13.2 Å². The Hall–Kier alpha value is -2.97. The molecule has 0 radical (unpaired) electrons. The first-order chi connectivity index (χ1) is 17.1. The van der Waals surface area contributed by atoms with Crippen molar-refractivity contribution in [2.24, 2.45) is 4.99 Å². The number of ether oxygens (including phenoxy) is 2. The van der Waals surface area contributed by atoms with Crippen LogP contribution in [0, 0.1) is 5.82 Å².